The zero-order valence-electron chi connectivity index (χ0n) is 15.5. The number of para-hydroxylation sites is 1. The van der Waals surface area contributed by atoms with Crippen LogP contribution < -0.4 is 11.3 Å². The molecule has 0 unspecified atom stereocenters. The first kappa shape index (κ1) is 20.1. The van der Waals surface area contributed by atoms with E-state index >= 15 is 0 Å². The molecule has 1 aromatic heterocycles. The van der Waals surface area contributed by atoms with E-state index in [4.69, 9.17) is 10.5 Å². The first-order valence-electron chi connectivity index (χ1n) is 9.06. The molecule has 2 aromatic rings. The number of aromatic amines is 1. The van der Waals surface area contributed by atoms with Gasteiger partial charge in [0.05, 0.1) is 16.9 Å². The Kier molecular flexibility index (Phi) is 7.74. The van der Waals surface area contributed by atoms with E-state index in [9.17, 15) is 9.59 Å². The number of methoxy groups -OCH3 is 1. The molecule has 1 atom stereocenters. The third kappa shape index (κ3) is 5.12. The van der Waals surface area contributed by atoms with E-state index in [0.29, 0.717) is 29.8 Å². The monoisotopic (exact) mass is 360 g/mol. The Hall–Kier alpha value is -2.25. The number of carbonyl (C=O) groups excluding carboxylic acids is 1. The lowest BCUT2D eigenvalue weighted by Crippen LogP contribution is -2.38. The van der Waals surface area contributed by atoms with Gasteiger partial charge in [0.15, 0.2) is 0 Å². The van der Waals surface area contributed by atoms with Gasteiger partial charge < -0.3 is 20.4 Å². The Bertz CT molecular complexity index is 775. The molecule has 26 heavy (non-hydrogen) atoms. The summed E-state index contributed by atoms with van der Waals surface area (Å²) in [6, 6.07) is 6.84. The highest BCUT2D eigenvalue weighted by Gasteiger charge is 2.23. The molecule has 2 rings (SSSR count). The molecular weight excluding hydrogens is 332 g/mol. The highest BCUT2D eigenvalue weighted by molar-refractivity contribution is 5.79. The van der Waals surface area contributed by atoms with Crippen molar-refractivity contribution in [3.8, 4) is 0 Å². The average Bonchev–Trinajstić information content (AvgIpc) is 2.64. The molecular formula is C19H28N4O3. The normalized spacial score (nSPS) is 12.3. The molecule has 0 saturated heterocycles. The standard InChI is InChI=1S/C19H28N4O3/c1-14(18-21-16-10-6-5-9-15(16)19(25)22-18)23(17(24)13-26-2)12-8-4-3-7-11-20/h5-6,9-10,14H,3-4,7-8,11-13,20H2,1-2H3,(H,21,22,25)/t14-/m1/s1. The molecule has 0 aliphatic rings. The molecule has 0 fully saturated rings. The first-order valence-corrected chi connectivity index (χ1v) is 9.06. The van der Waals surface area contributed by atoms with E-state index in [1.54, 1.807) is 23.1 Å². The van der Waals surface area contributed by atoms with Crippen LogP contribution >= 0.6 is 0 Å². The maximum absolute atomic E-state index is 12.5. The zero-order valence-corrected chi connectivity index (χ0v) is 15.5. The molecule has 3 N–H and O–H groups in total. The Balaban J connectivity index is 2.20. The number of nitrogens with one attached hydrogen (secondary N) is 1. The van der Waals surface area contributed by atoms with Crippen molar-refractivity contribution in [2.45, 2.75) is 38.6 Å². The number of unbranched alkanes of at least 4 members (excludes halogenated alkanes) is 3. The average molecular weight is 360 g/mol. The van der Waals surface area contributed by atoms with Gasteiger partial charge in [-0.25, -0.2) is 4.98 Å². The van der Waals surface area contributed by atoms with Gasteiger partial charge in [-0.05, 0) is 38.4 Å². The van der Waals surface area contributed by atoms with Crippen molar-refractivity contribution in [3.05, 3.63) is 40.4 Å². The van der Waals surface area contributed by atoms with Gasteiger partial charge in [0.1, 0.15) is 12.4 Å². The van der Waals surface area contributed by atoms with Gasteiger partial charge in [0.2, 0.25) is 5.91 Å². The summed E-state index contributed by atoms with van der Waals surface area (Å²) >= 11 is 0. The van der Waals surface area contributed by atoms with Crippen molar-refractivity contribution in [1.82, 2.24) is 14.9 Å². The minimum Gasteiger partial charge on any atom is -0.375 e. The number of amides is 1. The quantitative estimate of drug-likeness (QED) is 0.631. The number of H-pyrrole nitrogens is 1. The lowest BCUT2D eigenvalue weighted by molar-refractivity contribution is -0.137. The predicted octanol–water partition coefficient (Wildman–Crippen LogP) is 1.98. The van der Waals surface area contributed by atoms with Crippen molar-refractivity contribution < 1.29 is 9.53 Å². The van der Waals surface area contributed by atoms with E-state index in [1.807, 2.05) is 13.0 Å². The summed E-state index contributed by atoms with van der Waals surface area (Å²) in [5.74, 6) is 0.370. The lowest BCUT2D eigenvalue weighted by Gasteiger charge is -2.28. The molecule has 1 heterocycles. The molecule has 142 valence electrons. The maximum atomic E-state index is 12.5. The van der Waals surface area contributed by atoms with Crippen molar-refractivity contribution in [2.75, 3.05) is 26.8 Å². The summed E-state index contributed by atoms with van der Waals surface area (Å²) in [5, 5.41) is 0.542. The van der Waals surface area contributed by atoms with Crippen LogP contribution in [0.3, 0.4) is 0 Å². The molecule has 1 amide bonds. The summed E-state index contributed by atoms with van der Waals surface area (Å²) in [4.78, 5) is 33.9. The minimum atomic E-state index is -0.343. The third-order valence-electron chi connectivity index (χ3n) is 4.44. The van der Waals surface area contributed by atoms with Crippen LogP contribution in [0.15, 0.2) is 29.1 Å². The molecule has 0 saturated carbocycles. The Morgan fingerprint density at radius 2 is 2.00 bits per heavy atom. The molecule has 0 aliphatic heterocycles. The first-order chi connectivity index (χ1) is 12.6. The van der Waals surface area contributed by atoms with Crippen molar-refractivity contribution in [3.63, 3.8) is 0 Å². The molecule has 0 aliphatic carbocycles. The predicted molar refractivity (Wildman–Crippen MR) is 102 cm³/mol. The molecule has 7 heteroatoms. The van der Waals surface area contributed by atoms with E-state index in [-0.39, 0.29) is 24.1 Å². The summed E-state index contributed by atoms with van der Waals surface area (Å²) in [7, 11) is 1.50. The second kappa shape index (κ2) is 10.0. The van der Waals surface area contributed by atoms with Crippen LogP contribution in [-0.2, 0) is 9.53 Å². The van der Waals surface area contributed by atoms with Crippen molar-refractivity contribution >= 4 is 16.8 Å². The van der Waals surface area contributed by atoms with Gasteiger partial charge >= 0.3 is 0 Å². The SMILES string of the molecule is COCC(=O)N(CCCCCCN)[C@H](C)c1nc2ccccc2c(=O)[nH]1. The highest BCUT2D eigenvalue weighted by atomic mass is 16.5. The fourth-order valence-corrected chi connectivity index (χ4v) is 2.97. The summed E-state index contributed by atoms with van der Waals surface area (Å²) in [6.07, 6.45) is 3.91. The van der Waals surface area contributed by atoms with Gasteiger partial charge in [0, 0.05) is 13.7 Å². The Labute approximate surface area is 153 Å². The van der Waals surface area contributed by atoms with Gasteiger partial charge in [0.25, 0.3) is 5.56 Å². The van der Waals surface area contributed by atoms with Crippen LogP contribution in [-0.4, -0.2) is 47.6 Å². The minimum absolute atomic E-state index is 0.00491. The number of rotatable bonds is 10. The van der Waals surface area contributed by atoms with Gasteiger partial charge in [-0.2, -0.15) is 0 Å². The smallest absolute Gasteiger partial charge is 0.258 e. The van der Waals surface area contributed by atoms with Crippen LogP contribution in [0.25, 0.3) is 10.9 Å². The van der Waals surface area contributed by atoms with Crippen molar-refractivity contribution in [2.24, 2.45) is 5.73 Å². The van der Waals surface area contributed by atoms with Crippen molar-refractivity contribution in [1.29, 1.82) is 0 Å². The summed E-state index contributed by atoms with van der Waals surface area (Å²) < 4.78 is 5.01. The van der Waals surface area contributed by atoms with Gasteiger partial charge in [-0.1, -0.05) is 25.0 Å². The number of benzene rings is 1. The largest absolute Gasteiger partial charge is 0.375 e. The van der Waals surface area contributed by atoms with E-state index in [2.05, 4.69) is 9.97 Å². The fraction of sp³-hybridized carbons (Fsp3) is 0.526. The summed E-state index contributed by atoms with van der Waals surface area (Å²) in [5.41, 5.74) is 5.95. The van der Waals surface area contributed by atoms with Crippen LogP contribution in [0.4, 0.5) is 0 Å². The lowest BCUT2D eigenvalue weighted by atomic mass is 10.1. The fourth-order valence-electron chi connectivity index (χ4n) is 2.97. The van der Waals surface area contributed by atoms with E-state index in [0.717, 1.165) is 25.7 Å². The Morgan fingerprint density at radius 3 is 2.73 bits per heavy atom. The number of hydrogen-bond donors (Lipinski definition) is 2. The number of fused-ring (bicyclic) bond motifs is 1. The molecule has 0 spiro atoms. The number of nitrogens with two attached hydrogens (primary N) is 1. The van der Waals surface area contributed by atoms with E-state index < -0.39 is 0 Å². The van der Waals surface area contributed by atoms with Crippen LogP contribution in [0.1, 0.15) is 44.5 Å². The molecule has 0 bridgehead atoms. The van der Waals surface area contributed by atoms with E-state index in [1.165, 1.54) is 7.11 Å². The number of aromatic nitrogens is 2. The molecule has 1 aromatic carbocycles. The second-order valence-corrected chi connectivity index (χ2v) is 6.37. The van der Waals surface area contributed by atoms with Crippen LogP contribution in [0, 0.1) is 0 Å². The molecule has 0 radical (unpaired) electrons. The number of nitrogens with zero attached hydrogens (tertiary/aromatic N) is 2. The van der Waals surface area contributed by atoms with Crippen LogP contribution in [0.5, 0.6) is 0 Å². The number of ether oxygens (including phenoxy) is 1. The second-order valence-electron chi connectivity index (χ2n) is 6.37. The number of hydrogen-bond acceptors (Lipinski definition) is 5. The molecule has 7 nitrogen and oxygen atoms in total. The third-order valence-corrected chi connectivity index (χ3v) is 4.44. The Morgan fingerprint density at radius 1 is 1.27 bits per heavy atom. The highest BCUT2D eigenvalue weighted by Crippen LogP contribution is 2.19. The summed E-state index contributed by atoms with van der Waals surface area (Å²) in [6.45, 7) is 3.15. The number of carbonyl (C=O) groups is 1. The van der Waals surface area contributed by atoms with Crippen LogP contribution in [0.2, 0.25) is 0 Å². The van der Waals surface area contributed by atoms with Gasteiger partial charge in [-0.15, -0.1) is 0 Å². The zero-order chi connectivity index (χ0) is 18.9. The maximum Gasteiger partial charge on any atom is 0.258 e. The topological polar surface area (TPSA) is 101 Å². The van der Waals surface area contributed by atoms with Gasteiger partial charge in [-0.3, -0.25) is 9.59 Å².